The summed E-state index contributed by atoms with van der Waals surface area (Å²) in [5, 5.41) is 4.12. The maximum atomic E-state index is 15.6. The first-order valence-electron chi connectivity index (χ1n) is 14.3. The predicted molar refractivity (Wildman–Crippen MR) is 158 cm³/mol. The molecule has 0 amide bonds. The number of aromatic nitrogens is 3. The fourth-order valence-corrected chi connectivity index (χ4v) is 5.57. The number of hydrogen-bond donors (Lipinski definition) is 0. The van der Waals surface area contributed by atoms with Gasteiger partial charge in [0.1, 0.15) is 11.6 Å². The Morgan fingerprint density at radius 3 is 2.20 bits per heavy atom. The zero-order chi connectivity index (χ0) is 32.1. The van der Waals surface area contributed by atoms with Crippen molar-refractivity contribution >= 4 is 16.6 Å². The van der Waals surface area contributed by atoms with Gasteiger partial charge in [-0.2, -0.15) is 18.2 Å². The second kappa shape index (κ2) is 11.4. The van der Waals surface area contributed by atoms with Gasteiger partial charge < -0.3 is 18.7 Å². The van der Waals surface area contributed by atoms with E-state index in [2.05, 4.69) is 10.1 Å². The quantitative estimate of drug-likeness (QED) is 0.187. The van der Waals surface area contributed by atoms with Crippen LogP contribution in [0.4, 0.5) is 27.6 Å². The number of fused-ring (bicyclic) bond motifs is 1. The van der Waals surface area contributed by atoms with Gasteiger partial charge in [0.25, 0.3) is 0 Å². The summed E-state index contributed by atoms with van der Waals surface area (Å²) < 4.78 is 81.7. The molecular weight excluding hydrogens is 595 g/mol. The molecule has 0 bridgehead atoms. The van der Waals surface area contributed by atoms with Crippen LogP contribution in [0.2, 0.25) is 0 Å². The van der Waals surface area contributed by atoms with Crippen LogP contribution in [0, 0.1) is 11.6 Å². The highest BCUT2D eigenvalue weighted by Crippen LogP contribution is 2.35. The molecule has 45 heavy (non-hydrogen) atoms. The molecule has 1 aliphatic rings. The largest absolute Gasteiger partial charge is 0.416 e. The zero-order valence-corrected chi connectivity index (χ0v) is 24.7. The van der Waals surface area contributed by atoms with E-state index in [4.69, 9.17) is 9.26 Å². The molecule has 0 spiro atoms. The molecule has 7 nitrogen and oxygen atoms in total. The second-order valence-corrected chi connectivity index (χ2v) is 11.6. The van der Waals surface area contributed by atoms with Gasteiger partial charge >= 0.3 is 6.18 Å². The van der Waals surface area contributed by atoms with E-state index in [0.29, 0.717) is 42.9 Å². The normalized spacial score (nSPS) is 15.1. The van der Waals surface area contributed by atoms with Gasteiger partial charge in [-0.05, 0) is 68.3 Å². The summed E-state index contributed by atoms with van der Waals surface area (Å²) in [5.41, 5.74) is -0.259. The second-order valence-electron chi connectivity index (χ2n) is 11.6. The Labute approximate surface area is 254 Å². The van der Waals surface area contributed by atoms with Crippen LogP contribution in [0.15, 0.2) is 76.2 Å². The fourth-order valence-electron chi connectivity index (χ4n) is 5.57. The van der Waals surface area contributed by atoms with Crippen LogP contribution in [0.1, 0.15) is 49.4 Å². The van der Waals surface area contributed by atoms with E-state index in [1.54, 1.807) is 29.7 Å². The number of morpholine rings is 1. The summed E-state index contributed by atoms with van der Waals surface area (Å²) >= 11 is 0. The number of ether oxygens (including phenoxy) is 1. The number of alkyl halides is 3. The van der Waals surface area contributed by atoms with Gasteiger partial charge in [-0.3, -0.25) is 4.79 Å². The van der Waals surface area contributed by atoms with Gasteiger partial charge in [-0.25, -0.2) is 8.78 Å². The summed E-state index contributed by atoms with van der Waals surface area (Å²) in [6.07, 6.45) is -2.98. The summed E-state index contributed by atoms with van der Waals surface area (Å²) in [5.74, 6) is -0.875. The van der Waals surface area contributed by atoms with Gasteiger partial charge in [0, 0.05) is 24.7 Å². The van der Waals surface area contributed by atoms with Crippen LogP contribution >= 0.6 is 0 Å². The SMILES string of the molecule is CC(c1ccc(C(F)(F)F)cc1)n1cc(-c2noc(C(C)(C)c3ccc(F)cc3)n2)c(=O)c2cc(F)c(N3CCOCC3)cc21. The molecule has 1 aliphatic heterocycles. The fraction of sp³-hybridized carbons (Fsp3) is 0.303. The molecule has 3 aromatic carbocycles. The minimum absolute atomic E-state index is 0.0182. The number of nitrogens with zero attached hydrogens (tertiary/aromatic N) is 4. The first-order valence-corrected chi connectivity index (χ1v) is 14.3. The lowest BCUT2D eigenvalue weighted by Gasteiger charge is -2.30. The highest BCUT2D eigenvalue weighted by atomic mass is 19.4. The van der Waals surface area contributed by atoms with Crippen molar-refractivity contribution in [1.29, 1.82) is 0 Å². The number of benzene rings is 3. The maximum Gasteiger partial charge on any atom is 0.416 e. The summed E-state index contributed by atoms with van der Waals surface area (Å²) in [6, 6.07) is 12.8. The summed E-state index contributed by atoms with van der Waals surface area (Å²) in [7, 11) is 0. The van der Waals surface area contributed by atoms with Crippen LogP contribution in [-0.4, -0.2) is 41.0 Å². The van der Waals surface area contributed by atoms with E-state index in [-0.39, 0.29) is 28.4 Å². The van der Waals surface area contributed by atoms with Crippen molar-refractivity contribution in [3.8, 4) is 11.4 Å². The number of rotatable bonds is 6. The van der Waals surface area contributed by atoms with Crippen molar-refractivity contribution in [3.05, 3.63) is 111 Å². The van der Waals surface area contributed by atoms with Crippen molar-refractivity contribution in [2.24, 2.45) is 0 Å². The molecule has 1 unspecified atom stereocenters. The lowest BCUT2D eigenvalue weighted by Crippen LogP contribution is -2.36. The first-order chi connectivity index (χ1) is 21.3. The van der Waals surface area contributed by atoms with Crippen LogP contribution in [0.25, 0.3) is 22.3 Å². The van der Waals surface area contributed by atoms with Crippen molar-refractivity contribution in [3.63, 3.8) is 0 Å². The van der Waals surface area contributed by atoms with Gasteiger partial charge in [-0.15, -0.1) is 0 Å². The average Bonchev–Trinajstić information content (AvgIpc) is 3.52. The molecule has 0 aliphatic carbocycles. The Bertz CT molecular complexity index is 1910. The van der Waals surface area contributed by atoms with Crippen LogP contribution in [-0.2, 0) is 16.3 Å². The third-order valence-corrected chi connectivity index (χ3v) is 8.36. The Morgan fingerprint density at radius 2 is 1.56 bits per heavy atom. The number of pyridine rings is 1. The van der Waals surface area contributed by atoms with Gasteiger partial charge in [0.05, 0.1) is 47.0 Å². The van der Waals surface area contributed by atoms with E-state index >= 15 is 4.39 Å². The van der Waals surface area contributed by atoms with Gasteiger partial charge in [0.2, 0.25) is 17.1 Å². The Hall–Kier alpha value is -4.58. The van der Waals surface area contributed by atoms with Gasteiger partial charge in [0.15, 0.2) is 0 Å². The van der Waals surface area contributed by atoms with Gasteiger partial charge in [-0.1, -0.05) is 29.4 Å². The average molecular weight is 625 g/mol. The molecule has 0 saturated carbocycles. The van der Waals surface area contributed by atoms with E-state index in [1.807, 2.05) is 18.7 Å². The van der Waals surface area contributed by atoms with E-state index in [1.165, 1.54) is 36.5 Å². The molecule has 6 rings (SSSR count). The highest BCUT2D eigenvalue weighted by Gasteiger charge is 2.32. The molecule has 12 heteroatoms. The van der Waals surface area contributed by atoms with Crippen molar-refractivity contribution in [1.82, 2.24) is 14.7 Å². The molecule has 3 heterocycles. The van der Waals surface area contributed by atoms with Crippen LogP contribution < -0.4 is 10.3 Å². The molecule has 234 valence electrons. The minimum Gasteiger partial charge on any atom is -0.378 e. The molecular formula is C33H29F5N4O3. The smallest absolute Gasteiger partial charge is 0.378 e. The number of hydrogen-bond acceptors (Lipinski definition) is 6. The molecule has 0 N–H and O–H groups in total. The Balaban J connectivity index is 1.50. The topological polar surface area (TPSA) is 73.4 Å². The lowest BCUT2D eigenvalue weighted by molar-refractivity contribution is -0.137. The first kappa shape index (κ1) is 30.4. The summed E-state index contributed by atoms with van der Waals surface area (Å²) in [4.78, 5) is 20.2. The minimum atomic E-state index is -4.50. The summed E-state index contributed by atoms with van der Waals surface area (Å²) in [6.45, 7) is 7.13. The molecule has 0 radical (unpaired) electrons. The predicted octanol–water partition coefficient (Wildman–Crippen LogP) is 7.12. The van der Waals surface area contributed by atoms with Crippen molar-refractivity contribution in [2.75, 3.05) is 31.2 Å². The van der Waals surface area contributed by atoms with Crippen LogP contribution in [0.3, 0.4) is 0 Å². The standard InChI is InChI=1S/C33H29F5N4O3/c1-19(20-4-6-22(7-5-20)33(36,37)38)42-18-25(30-39-31(45-40-30)32(2,3)21-8-10-23(34)11-9-21)29(43)24-16-26(35)28(17-27(24)42)41-12-14-44-15-13-41/h4-11,16-19H,12-15H2,1-3H3. The number of halogens is 5. The monoisotopic (exact) mass is 624 g/mol. The molecule has 2 aromatic heterocycles. The third kappa shape index (κ3) is 5.70. The molecule has 1 saturated heterocycles. The lowest BCUT2D eigenvalue weighted by atomic mass is 9.84. The highest BCUT2D eigenvalue weighted by molar-refractivity contribution is 5.86. The van der Waals surface area contributed by atoms with E-state index in [9.17, 15) is 22.4 Å². The molecule has 1 atom stereocenters. The van der Waals surface area contributed by atoms with Crippen LogP contribution in [0.5, 0.6) is 0 Å². The molecule has 1 fully saturated rings. The Kier molecular flexibility index (Phi) is 7.72. The zero-order valence-electron chi connectivity index (χ0n) is 24.7. The van der Waals surface area contributed by atoms with Crippen molar-refractivity contribution in [2.45, 2.75) is 38.4 Å². The number of anilines is 1. The van der Waals surface area contributed by atoms with E-state index < -0.39 is 40.3 Å². The van der Waals surface area contributed by atoms with E-state index in [0.717, 1.165) is 12.1 Å². The molecule has 5 aromatic rings. The maximum absolute atomic E-state index is 15.6. The third-order valence-electron chi connectivity index (χ3n) is 8.36. The Morgan fingerprint density at radius 1 is 0.911 bits per heavy atom. The van der Waals surface area contributed by atoms with Crippen molar-refractivity contribution < 1.29 is 31.2 Å².